The molecule has 0 aromatic heterocycles. The Morgan fingerprint density at radius 2 is 2.23 bits per heavy atom. The van der Waals surface area contributed by atoms with Crippen LogP contribution in [0.4, 0.5) is 4.79 Å². The Labute approximate surface area is 136 Å². The molecule has 0 saturated carbocycles. The molecular weight excluding hydrogens is 304 g/mol. The fraction of sp³-hybridized carbons (Fsp3) is 0.562. The molecular formula is C16H23ClN2O3. The number of carbonyl (C=O) groups is 1. The summed E-state index contributed by atoms with van der Waals surface area (Å²) in [7, 11) is 1.68. The Bertz CT molecular complexity index is 550. The summed E-state index contributed by atoms with van der Waals surface area (Å²) in [5.74, 6) is 2.70. The molecule has 22 heavy (non-hydrogen) atoms. The number of carboxylic acid groups (broad SMARTS) is 1. The van der Waals surface area contributed by atoms with Crippen molar-refractivity contribution >= 4 is 17.7 Å². The van der Waals surface area contributed by atoms with Gasteiger partial charge in [-0.25, -0.2) is 4.79 Å². The molecule has 0 bridgehead atoms. The van der Waals surface area contributed by atoms with E-state index in [-0.39, 0.29) is 0 Å². The lowest BCUT2D eigenvalue weighted by atomic mass is 9.91. The van der Waals surface area contributed by atoms with Crippen LogP contribution in [0.2, 0.25) is 5.02 Å². The molecule has 1 heterocycles. The SMILES string of the molecule is CCNC(=O)O.COc1ccc2c(c1Cl)C1CNCC1C2C. The van der Waals surface area contributed by atoms with Crippen molar-refractivity contribution in [2.24, 2.45) is 5.92 Å². The first-order valence-electron chi connectivity index (χ1n) is 7.55. The topological polar surface area (TPSA) is 70.6 Å². The van der Waals surface area contributed by atoms with Crippen LogP contribution in [0, 0.1) is 5.92 Å². The molecule has 0 spiro atoms. The summed E-state index contributed by atoms with van der Waals surface area (Å²) >= 11 is 6.43. The van der Waals surface area contributed by atoms with Crippen LogP contribution in [0.1, 0.15) is 36.8 Å². The Kier molecular flexibility index (Phi) is 5.53. The van der Waals surface area contributed by atoms with Gasteiger partial charge in [0, 0.05) is 19.0 Å². The van der Waals surface area contributed by atoms with E-state index in [4.69, 9.17) is 21.4 Å². The van der Waals surface area contributed by atoms with Gasteiger partial charge in [0.1, 0.15) is 5.75 Å². The van der Waals surface area contributed by atoms with Crippen molar-refractivity contribution in [3.63, 3.8) is 0 Å². The first-order valence-corrected chi connectivity index (χ1v) is 7.92. The van der Waals surface area contributed by atoms with Gasteiger partial charge in [-0.15, -0.1) is 0 Å². The Morgan fingerprint density at radius 1 is 1.50 bits per heavy atom. The molecule has 3 N–H and O–H groups in total. The van der Waals surface area contributed by atoms with Crippen molar-refractivity contribution in [3.05, 3.63) is 28.3 Å². The summed E-state index contributed by atoms with van der Waals surface area (Å²) in [6.07, 6.45) is -0.961. The standard InChI is InChI=1S/C13H16ClNO.C3H7NO2/c1-7-8-3-4-11(16-2)13(14)12(8)10-6-15-5-9(7)10;1-2-4-3(5)6/h3-4,7,9-10,15H,5-6H2,1-2H3;4H,2H2,1H3,(H,5,6). The lowest BCUT2D eigenvalue weighted by Crippen LogP contribution is -2.19. The first kappa shape index (κ1) is 16.9. The lowest BCUT2D eigenvalue weighted by molar-refractivity contribution is 0.195. The summed E-state index contributed by atoms with van der Waals surface area (Å²) < 4.78 is 5.30. The number of fused-ring (bicyclic) bond motifs is 3. The van der Waals surface area contributed by atoms with Gasteiger partial charge in [0.2, 0.25) is 0 Å². The maximum Gasteiger partial charge on any atom is 0.404 e. The van der Waals surface area contributed by atoms with E-state index in [0.717, 1.165) is 23.9 Å². The van der Waals surface area contributed by atoms with Gasteiger partial charge in [0.25, 0.3) is 0 Å². The number of rotatable bonds is 2. The number of benzene rings is 1. The fourth-order valence-corrected chi connectivity index (χ4v) is 3.83. The molecule has 2 aliphatic rings. The van der Waals surface area contributed by atoms with Gasteiger partial charge < -0.3 is 20.5 Å². The van der Waals surface area contributed by atoms with E-state index in [1.165, 1.54) is 11.1 Å². The zero-order chi connectivity index (χ0) is 16.3. The van der Waals surface area contributed by atoms with Crippen molar-refractivity contribution < 1.29 is 14.6 Å². The monoisotopic (exact) mass is 326 g/mol. The minimum atomic E-state index is -0.961. The van der Waals surface area contributed by atoms with E-state index in [1.54, 1.807) is 14.0 Å². The van der Waals surface area contributed by atoms with Crippen LogP contribution in [0.15, 0.2) is 12.1 Å². The smallest absolute Gasteiger partial charge is 0.404 e. The Hall–Kier alpha value is -1.46. The van der Waals surface area contributed by atoms with Crippen molar-refractivity contribution in [1.82, 2.24) is 10.6 Å². The number of hydrogen-bond donors (Lipinski definition) is 3. The molecule has 3 rings (SSSR count). The number of ether oxygens (including phenoxy) is 1. The molecule has 3 unspecified atom stereocenters. The van der Waals surface area contributed by atoms with Gasteiger partial charge in [-0.2, -0.15) is 0 Å². The number of nitrogens with one attached hydrogen (secondary N) is 2. The van der Waals surface area contributed by atoms with Gasteiger partial charge in [-0.05, 0) is 42.5 Å². The van der Waals surface area contributed by atoms with Gasteiger partial charge >= 0.3 is 6.09 Å². The predicted octanol–water partition coefficient (Wildman–Crippen LogP) is 3.04. The van der Waals surface area contributed by atoms with Crippen molar-refractivity contribution in [3.8, 4) is 5.75 Å². The third-order valence-electron chi connectivity index (χ3n) is 4.49. The van der Waals surface area contributed by atoms with Crippen molar-refractivity contribution in [1.29, 1.82) is 0 Å². The number of methoxy groups -OCH3 is 1. The molecule has 122 valence electrons. The predicted molar refractivity (Wildman–Crippen MR) is 87.2 cm³/mol. The Morgan fingerprint density at radius 3 is 2.77 bits per heavy atom. The Balaban J connectivity index is 0.000000254. The summed E-state index contributed by atoms with van der Waals surface area (Å²) in [4.78, 5) is 9.49. The third kappa shape index (κ3) is 3.15. The largest absolute Gasteiger partial charge is 0.495 e. The molecule has 0 radical (unpaired) electrons. The van der Waals surface area contributed by atoms with Crippen LogP contribution in [0.3, 0.4) is 0 Å². The zero-order valence-corrected chi connectivity index (χ0v) is 13.9. The molecule has 1 aromatic carbocycles. The average molecular weight is 327 g/mol. The van der Waals surface area contributed by atoms with Crippen molar-refractivity contribution in [2.45, 2.75) is 25.7 Å². The molecule has 3 atom stereocenters. The molecule has 1 amide bonds. The average Bonchev–Trinajstić information content (AvgIpc) is 3.04. The zero-order valence-electron chi connectivity index (χ0n) is 13.1. The highest BCUT2D eigenvalue weighted by molar-refractivity contribution is 6.33. The molecule has 5 nitrogen and oxygen atoms in total. The summed E-state index contributed by atoms with van der Waals surface area (Å²) in [6.45, 7) is 6.68. The maximum absolute atomic E-state index is 9.49. The highest BCUT2D eigenvalue weighted by atomic mass is 35.5. The van der Waals surface area contributed by atoms with Crippen LogP contribution in [0.5, 0.6) is 5.75 Å². The van der Waals surface area contributed by atoms with Crippen LogP contribution in [-0.4, -0.2) is 37.9 Å². The maximum atomic E-state index is 9.49. The van der Waals surface area contributed by atoms with Crippen LogP contribution >= 0.6 is 11.6 Å². The highest BCUT2D eigenvalue weighted by Gasteiger charge is 2.42. The molecule has 1 aliphatic carbocycles. The van der Waals surface area contributed by atoms with Crippen LogP contribution < -0.4 is 15.4 Å². The third-order valence-corrected chi connectivity index (χ3v) is 4.88. The lowest BCUT2D eigenvalue weighted by Gasteiger charge is -2.12. The van der Waals surface area contributed by atoms with Crippen LogP contribution in [-0.2, 0) is 0 Å². The summed E-state index contributed by atoms with van der Waals surface area (Å²) in [5.41, 5.74) is 2.74. The van der Waals surface area contributed by atoms with E-state index < -0.39 is 6.09 Å². The summed E-state index contributed by atoms with van der Waals surface area (Å²) in [5, 5.41) is 14.2. The molecule has 1 aromatic rings. The van der Waals surface area contributed by atoms with E-state index in [2.05, 4.69) is 23.6 Å². The minimum absolute atomic E-state index is 0.481. The molecule has 1 aliphatic heterocycles. The number of hydrogen-bond acceptors (Lipinski definition) is 3. The fourth-order valence-electron chi connectivity index (χ4n) is 3.44. The highest BCUT2D eigenvalue weighted by Crippen LogP contribution is 2.52. The normalized spacial score (nSPS) is 24.8. The van der Waals surface area contributed by atoms with Gasteiger partial charge in [0.15, 0.2) is 0 Å². The second kappa shape index (κ2) is 7.20. The molecule has 1 saturated heterocycles. The van der Waals surface area contributed by atoms with E-state index in [0.29, 0.717) is 24.3 Å². The molecule has 1 fully saturated rings. The summed E-state index contributed by atoms with van der Waals surface area (Å²) in [6, 6.07) is 4.18. The second-order valence-electron chi connectivity index (χ2n) is 5.64. The van der Waals surface area contributed by atoms with E-state index in [1.807, 2.05) is 6.07 Å². The number of halogens is 1. The van der Waals surface area contributed by atoms with Gasteiger partial charge in [-0.3, -0.25) is 0 Å². The van der Waals surface area contributed by atoms with E-state index in [9.17, 15) is 4.79 Å². The quantitative estimate of drug-likeness (QED) is 0.781. The van der Waals surface area contributed by atoms with Gasteiger partial charge in [-0.1, -0.05) is 24.6 Å². The van der Waals surface area contributed by atoms with Crippen LogP contribution in [0.25, 0.3) is 0 Å². The van der Waals surface area contributed by atoms with Crippen molar-refractivity contribution in [2.75, 3.05) is 26.7 Å². The minimum Gasteiger partial charge on any atom is -0.495 e. The number of amides is 1. The van der Waals surface area contributed by atoms with Gasteiger partial charge in [0.05, 0.1) is 12.1 Å². The molecule has 6 heteroatoms. The van der Waals surface area contributed by atoms with E-state index >= 15 is 0 Å². The first-order chi connectivity index (χ1) is 10.5. The second-order valence-corrected chi connectivity index (χ2v) is 6.02.